The van der Waals surface area contributed by atoms with Gasteiger partial charge in [-0.2, -0.15) is 4.99 Å². The molecular formula is C11H8N2S3. The number of thiazole rings is 1. The lowest BCUT2D eigenvalue weighted by Gasteiger charge is -1.92. The maximum atomic E-state index is 4.62. The molecule has 80 valence electrons. The molecule has 1 aromatic carbocycles. The lowest BCUT2D eigenvalue weighted by Crippen LogP contribution is -1.74. The van der Waals surface area contributed by atoms with Crippen molar-refractivity contribution in [3.05, 3.63) is 30.3 Å². The van der Waals surface area contributed by atoms with Gasteiger partial charge in [0.1, 0.15) is 10.0 Å². The third-order valence-corrected chi connectivity index (χ3v) is 3.83. The quantitative estimate of drug-likeness (QED) is 0.470. The van der Waals surface area contributed by atoms with Crippen LogP contribution < -0.4 is 0 Å². The van der Waals surface area contributed by atoms with Crippen molar-refractivity contribution in [2.24, 2.45) is 4.99 Å². The number of benzene rings is 1. The summed E-state index contributed by atoms with van der Waals surface area (Å²) >= 11 is 7.72. The number of rotatable bonds is 3. The number of isothiocyanates is 1. The fraction of sp³-hybridized carbons (Fsp3) is 0.0909. The monoisotopic (exact) mass is 264 g/mol. The van der Waals surface area contributed by atoms with Crippen LogP contribution >= 0.6 is 35.3 Å². The zero-order valence-electron chi connectivity index (χ0n) is 8.51. The lowest BCUT2D eigenvalue weighted by atomic mass is 10.2. The van der Waals surface area contributed by atoms with Crippen molar-refractivity contribution in [2.45, 2.75) is 5.03 Å². The van der Waals surface area contributed by atoms with Crippen molar-refractivity contribution in [3.8, 4) is 10.6 Å². The highest BCUT2D eigenvalue weighted by Gasteiger charge is 2.10. The van der Waals surface area contributed by atoms with Gasteiger partial charge in [0.25, 0.3) is 0 Å². The van der Waals surface area contributed by atoms with Crippen LogP contribution in [0.3, 0.4) is 0 Å². The van der Waals surface area contributed by atoms with Gasteiger partial charge in [0.15, 0.2) is 5.00 Å². The minimum absolute atomic E-state index is 0.835. The van der Waals surface area contributed by atoms with E-state index in [9.17, 15) is 0 Å². The molecule has 0 aliphatic rings. The average Bonchev–Trinajstić information content (AvgIpc) is 2.74. The Morgan fingerprint density at radius 2 is 2.12 bits per heavy atom. The van der Waals surface area contributed by atoms with Crippen molar-refractivity contribution >= 4 is 45.5 Å². The summed E-state index contributed by atoms with van der Waals surface area (Å²) < 4.78 is 0. The fourth-order valence-corrected chi connectivity index (χ4v) is 3.03. The first-order chi connectivity index (χ1) is 7.85. The second kappa shape index (κ2) is 5.37. The molecule has 16 heavy (non-hydrogen) atoms. The van der Waals surface area contributed by atoms with Crippen LogP contribution in [0, 0.1) is 0 Å². The second-order valence-electron chi connectivity index (χ2n) is 2.90. The van der Waals surface area contributed by atoms with Gasteiger partial charge in [0.2, 0.25) is 0 Å². The maximum absolute atomic E-state index is 4.62. The van der Waals surface area contributed by atoms with Gasteiger partial charge >= 0.3 is 0 Å². The van der Waals surface area contributed by atoms with Gasteiger partial charge in [-0.1, -0.05) is 41.7 Å². The number of nitrogens with zero attached hydrogens (tertiary/aromatic N) is 2. The first kappa shape index (κ1) is 11.5. The molecule has 2 rings (SSSR count). The van der Waals surface area contributed by atoms with Crippen LogP contribution in [0.2, 0.25) is 0 Å². The summed E-state index contributed by atoms with van der Waals surface area (Å²) in [5.74, 6) is 0. The van der Waals surface area contributed by atoms with Gasteiger partial charge in [0.05, 0.1) is 5.16 Å². The van der Waals surface area contributed by atoms with Crippen molar-refractivity contribution in [1.82, 2.24) is 4.98 Å². The Bertz CT molecular complexity index is 527. The number of aliphatic imine (C=N–C) groups is 1. The molecule has 2 nitrogen and oxygen atoms in total. The van der Waals surface area contributed by atoms with E-state index in [0.29, 0.717) is 0 Å². The summed E-state index contributed by atoms with van der Waals surface area (Å²) in [6.45, 7) is 0. The summed E-state index contributed by atoms with van der Waals surface area (Å²) in [7, 11) is 0. The predicted octanol–water partition coefficient (Wildman–Crippen LogP) is 4.27. The second-order valence-corrected chi connectivity index (χ2v) is 4.86. The fourth-order valence-electron chi connectivity index (χ4n) is 1.25. The number of hydrogen-bond acceptors (Lipinski definition) is 5. The Hall–Kier alpha value is -1.00. The Kier molecular flexibility index (Phi) is 3.85. The molecule has 0 saturated heterocycles. The number of thiocarbonyl (C=S) groups is 1. The SMILES string of the molecule is CSc1nc(-c2ccccc2)sc1N=C=S. The van der Waals surface area contributed by atoms with Crippen molar-refractivity contribution < 1.29 is 0 Å². The molecule has 0 atom stereocenters. The van der Waals surface area contributed by atoms with Gasteiger partial charge in [-0.05, 0) is 18.5 Å². The van der Waals surface area contributed by atoms with Crippen LogP contribution in [0.15, 0.2) is 40.4 Å². The third-order valence-electron chi connectivity index (χ3n) is 1.94. The van der Waals surface area contributed by atoms with Crippen LogP contribution in [0.25, 0.3) is 10.6 Å². The molecule has 0 radical (unpaired) electrons. The Morgan fingerprint density at radius 3 is 2.75 bits per heavy atom. The average molecular weight is 264 g/mol. The molecule has 2 aromatic rings. The van der Waals surface area contributed by atoms with E-state index in [-0.39, 0.29) is 0 Å². The first-order valence-corrected chi connectivity index (χ1v) is 6.98. The summed E-state index contributed by atoms with van der Waals surface area (Å²) in [5, 5.41) is 5.09. The molecule has 0 spiro atoms. The molecule has 0 saturated carbocycles. The van der Waals surface area contributed by atoms with Crippen LogP contribution in [-0.4, -0.2) is 16.4 Å². The normalized spacial score (nSPS) is 9.81. The molecule has 0 amide bonds. The van der Waals surface area contributed by atoms with Crippen LogP contribution in [0.5, 0.6) is 0 Å². The van der Waals surface area contributed by atoms with E-state index < -0.39 is 0 Å². The highest BCUT2D eigenvalue weighted by molar-refractivity contribution is 7.98. The van der Waals surface area contributed by atoms with Gasteiger partial charge in [-0.15, -0.1) is 11.8 Å². The lowest BCUT2D eigenvalue weighted by molar-refractivity contribution is 1.20. The molecule has 5 heteroatoms. The van der Waals surface area contributed by atoms with Crippen LogP contribution in [0.1, 0.15) is 0 Å². The Labute approximate surface area is 107 Å². The largest absolute Gasteiger partial charge is 0.227 e. The van der Waals surface area contributed by atoms with E-state index in [0.717, 1.165) is 20.6 Å². The first-order valence-electron chi connectivity index (χ1n) is 4.53. The van der Waals surface area contributed by atoms with Crippen LogP contribution in [0.4, 0.5) is 5.00 Å². The molecule has 1 heterocycles. The molecule has 0 N–H and O–H groups in total. The Morgan fingerprint density at radius 1 is 1.38 bits per heavy atom. The maximum Gasteiger partial charge on any atom is 0.161 e. The molecule has 0 unspecified atom stereocenters. The molecule has 0 fully saturated rings. The van der Waals surface area contributed by atoms with Gasteiger partial charge < -0.3 is 0 Å². The van der Waals surface area contributed by atoms with Crippen molar-refractivity contribution in [2.75, 3.05) is 6.26 Å². The standard InChI is InChI=1S/C11H8N2S3/c1-15-11-10(12-7-14)16-9(13-11)8-5-3-2-4-6-8/h2-6H,1H3. The molecule has 0 aliphatic carbocycles. The minimum atomic E-state index is 0.835. The smallest absolute Gasteiger partial charge is 0.161 e. The molecule has 0 aliphatic heterocycles. The highest BCUT2D eigenvalue weighted by atomic mass is 32.2. The highest BCUT2D eigenvalue weighted by Crippen LogP contribution is 2.38. The molecule has 1 aromatic heterocycles. The van der Waals surface area contributed by atoms with E-state index in [1.54, 1.807) is 11.8 Å². The summed E-state index contributed by atoms with van der Waals surface area (Å²) in [6, 6.07) is 10.1. The molecule has 0 bridgehead atoms. The third kappa shape index (κ3) is 2.39. The number of aromatic nitrogens is 1. The Balaban J connectivity index is 2.48. The van der Waals surface area contributed by atoms with E-state index in [1.165, 1.54) is 11.3 Å². The molecular weight excluding hydrogens is 256 g/mol. The number of hydrogen-bond donors (Lipinski definition) is 0. The van der Waals surface area contributed by atoms with Gasteiger partial charge in [-0.3, -0.25) is 0 Å². The summed E-state index contributed by atoms with van der Waals surface area (Å²) in [6.07, 6.45) is 1.98. The summed E-state index contributed by atoms with van der Waals surface area (Å²) in [4.78, 5) is 8.54. The topological polar surface area (TPSA) is 25.2 Å². The van der Waals surface area contributed by atoms with E-state index in [2.05, 4.69) is 27.4 Å². The summed E-state index contributed by atoms with van der Waals surface area (Å²) in [5.41, 5.74) is 1.11. The predicted molar refractivity (Wildman–Crippen MR) is 74.0 cm³/mol. The van der Waals surface area contributed by atoms with Gasteiger partial charge in [0, 0.05) is 5.56 Å². The van der Waals surface area contributed by atoms with E-state index in [1.807, 2.05) is 36.6 Å². The zero-order chi connectivity index (χ0) is 11.4. The van der Waals surface area contributed by atoms with Crippen molar-refractivity contribution in [1.29, 1.82) is 0 Å². The minimum Gasteiger partial charge on any atom is -0.227 e. The van der Waals surface area contributed by atoms with Crippen LogP contribution in [-0.2, 0) is 0 Å². The van der Waals surface area contributed by atoms with E-state index >= 15 is 0 Å². The van der Waals surface area contributed by atoms with Crippen molar-refractivity contribution in [3.63, 3.8) is 0 Å². The number of thioether (sulfide) groups is 1. The zero-order valence-corrected chi connectivity index (χ0v) is 11.0. The van der Waals surface area contributed by atoms with Gasteiger partial charge in [-0.25, -0.2) is 4.98 Å². The van der Waals surface area contributed by atoms with E-state index in [4.69, 9.17) is 0 Å².